The number of esters is 1. The van der Waals surface area contributed by atoms with Crippen molar-refractivity contribution in [3.63, 3.8) is 0 Å². The molecule has 0 aliphatic carbocycles. The van der Waals surface area contributed by atoms with Gasteiger partial charge in [0.2, 0.25) is 0 Å². The van der Waals surface area contributed by atoms with Crippen LogP contribution in [0.3, 0.4) is 0 Å². The number of aromatic nitrogens is 1. The van der Waals surface area contributed by atoms with E-state index in [-0.39, 0.29) is 18.7 Å². The highest BCUT2D eigenvalue weighted by atomic mass is 16.6. The summed E-state index contributed by atoms with van der Waals surface area (Å²) in [6.07, 6.45) is -0.808. The van der Waals surface area contributed by atoms with Crippen LogP contribution in [0.4, 0.5) is 0 Å². The lowest BCUT2D eigenvalue weighted by Crippen LogP contribution is -2.50. The number of amides is 1. The van der Waals surface area contributed by atoms with Gasteiger partial charge in [0, 0.05) is 12.2 Å². The second-order valence-electron chi connectivity index (χ2n) is 4.97. The van der Waals surface area contributed by atoms with Crippen LogP contribution in [0.25, 0.3) is 0 Å². The highest BCUT2D eigenvalue weighted by molar-refractivity contribution is 5.95. The fourth-order valence-electron chi connectivity index (χ4n) is 2.39. The van der Waals surface area contributed by atoms with Crippen molar-refractivity contribution in [3.05, 3.63) is 33.2 Å². The number of morpholine rings is 1. The Morgan fingerprint density at radius 1 is 1.43 bits per heavy atom. The minimum Gasteiger partial charge on any atom is -0.467 e. The maximum Gasteiger partial charge on any atom is 0.336 e. The molecule has 1 aromatic heterocycles. The molecule has 1 aliphatic rings. The van der Waals surface area contributed by atoms with E-state index in [1.54, 1.807) is 19.9 Å². The van der Waals surface area contributed by atoms with Crippen molar-refractivity contribution >= 4 is 11.9 Å². The SMILES string of the molecule is COC(=O)C1CN(C(=O)c2c(C)cc(C)[nH]c2=O)CCO1. The van der Waals surface area contributed by atoms with E-state index >= 15 is 0 Å². The van der Waals surface area contributed by atoms with E-state index in [4.69, 9.17) is 4.74 Å². The minimum atomic E-state index is -0.808. The van der Waals surface area contributed by atoms with E-state index < -0.39 is 23.5 Å². The Hall–Kier alpha value is -2.15. The molecule has 1 saturated heterocycles. The van der Waals surface area contributed by atoms with Gasteiger partial charge in [0.1, 0.15) is 5.56 Å². The summed E-state index contributed by atoms with van der Waals surface area (Å²) in [6, 6.07) is 1.74. The molecular weight excluding hydrogens is 276 g/mol. The first-order valence-corrected chi connectivity index (χ1v) is 6.63. The molecule has 0 aromatic carbocycles. The molecule has 7 nitrogen and oxygen atoms in total. The zero-order chi connectivity index (χ0) is 15.6. The van der Waals surface area contributed by atoms with Crippen LogP contribution in [0.5, 0.6) is 0 Å². The Kier molecular flexibility index (Phi) is 4.42. The third kappa shape index (κ3) is 3.13. The molecule has 0 radical (unpaired) electrons. The van der Waals surface area contributed by atoms with Crippen molar-refractivity contribution in [2.45, 2.75) is 20.0 Å². The van der Waals surface area contributed by atoms with E-state index in [2.05, 4.69) is 9.72 Å². The molecule has 1 N–H and O–H groups in total. The maximum atomic E-state index is 12.5. The van der Waals surface area contributed by atoms with Gasteiger partial charge in [0.15, 0.2) is 6.10 Å². The van der Waals surface area contributed by atoms with Gasteiger partial charge >= 0.3 is 5.97 Å². The van der Waals surface area contributed by atoms with E-state index in [9.17, 15) is 14.4 Å². The van der Waals surface area contributed by atoms with Crippen LogP contribution in [0, 0.1) is 13.8 Å². The van der Waals surface area contributed by atoms with Gasteiger partial charge in [0.25, 0.3) is 11.5 Å². The first-order chi connectivity index (χ1) is 9.93. The monoisotopic (exact) mass is 294 g/mol. The molecule has 2 rings (SSSR count). The lowest BCUT2D eigenvalue weighted by atomic mass is 10.1. The molecule has 1 aliphatic heterocycles. The number of hydrogen-bond acceptors (Lipinski definition) is 5. The molecular formula is C14H18N2O5. The van der Waals surface area contributed by atoms with Crippen molar-refractivity contribution < 1.29 is 19.1 Å². The summed E-state index contributed by atoms with van der Waals surface area (Å²) >= 11 is 0. The van der Waals surface area contributed by atoms with Crippen LogP contribution in [0.1, 0.15) is 21.6 Å². The van der Waals surface area contributed by atoms with E-state index in [1.807, 2.05) is 0 Å². The Morgan fingerprint density at radius 2 is 2.14 bits per heavy atom. The van der Waals surface area contributed by atoms with Crippen LogP contribution < -0.4 is 5.56 Å². The van der Waals surface area contributed by atoms with E-state index in [0.29, 0.717) is 17.8 Å². The van der Waals surface area contributed by atoms with Gasteiger partial charge < -0.3 is 19.4 Å². The van der Waals surface area contributed by atoms with E-state index in [0.717, 1.165) is 0 Å². The van der Waals surface area contributed by atoms with Crippen molar-refractivity contribution in [2.75, 3.05) is 26.8 Å². The number of methoxy groups -OCH3 is 1. The number of carbonyl (C=O) groups excluding carboxylic acids is 2. The van der Waals surface area contributed by atoms with Gasteiger partial charge in [-0.25, -0.2) is 4.79 Å². The largest absolute Gasteiger partial charge is 0.467 e. The Balaban J connectivity index is 2.24. The molecule has 1 atom stereocenters. The summed E-state index contributed by atoms with van der Waals surface area (Å²) in [5, 5.41) is 0. The summed E-state index contributed by atoms with van der Waals surface area (Å²) < 4.78 is 9.89. The minimum absolute atomic E-state index is 0.0816. The smallest absolute Gasteiger partial charge is 0.336 e. The quantitative estimate of drug-likeness (QED) is 0.776. The summed E-state index contributed by atoms with van der Waals surface area (Å²) in [4.78, 5) is 40.1. The average Bonchev–Trinajstić information content (AvgIpc) is 2.45. The maximum absolute atomic E-state index is 12.5. The third-order valence-corrected chi connectivity index (χ3v) is 3.40. The first kappa shape index (κ1) is 15.2. The van der Waals surface area contributed by atoms with Crippen LogP contribution in [-0.2, 0) is 14.3 Å². The highest BCUT2D eigenvalue weighted by Crippen LogP contribution is 2.12. The summed E-state index contributed by atoms with van der Waals surface area (Å²) in [5.74, 6) is -0.923. The Morgan fingerprint density at radius 3 is 2.76 bits per heavy atom. The van der Waals surface area contributed by atoms with E-state index in [1.165, 1.54) is 12.0 Å². The van der Waals surface area contributed by atoms with Crippen LogP contribution in [0.2, 0.25) is 0 Å². The molecule has 1 fully saturated rings. The Bertz CT molecular complexity index is 622. The number of ether oxygens (including phenoxy) is 2. The number of carbonyl (C=O) groups is 2. The van der Waals surface area contributed by atoms with Crippen molar-refractivity contribution in [1.29, 1.82) is 0 Å². The zero-order valence-corrected chi connectivity index (χ0v) is 12.3. The standard InChI is InChI=1S/C14H18N2O5/c1-8-6-9(2)15-12(17)11(8)13(18)16-4-5-21-10(7-16)14(19)20-3/h6,10H,4-5,7H2,1-3H3,(H,15,17). The van der Waals surface area contributed by atoms with Gasteiger partial charge in [-0.3, -0.25) is 9.59 Å². The molecule has 0 saturated carbocycles. The number of H-pyrrole nitrogens is 1. The van der Waals surface area contributed by atoms with Gasteiger partial charge in [-0.1, -0.05) is 0 Å². The van der Waals surface area contributed by atoms with Gasteiger partial charge in [-0.2, -0.15) is 0 Å². The zero-order valence-electron chi connectivity index (χ0n) is 12.3. The van der Waals surface area contributed by atoms with Crippen LogP contribution in [0.15, 0.2) is 10.9 Å². The van der Waals surface area contributed by atoms with Crippen LogP contribution in [-0.4, -0.2) is 54.7 Å². The molecule has 1 amide bonds. The molecule has 1 unspecified atom stereocenters. The molecule has 2 heterocycles. The number of aryl methyl sites for hydroxylation is 2. The van der Waals surface area contributed by atoms with Crippen molar-refractivity contribution in [1.82, 2.24) is 9.88 Å². The first-order valence-electron chi connectivity index (χ1n) is 6.63. The number of aromatic amines is 1. The molecule has 0 bridgehead atoms. The molecule has 21 heavy (non-hydrogen) atoms. The molecule has 1 aromatic rings. The number of nitrogens with zero attached hydrogens (tertiary/aromatic N) is 1. The lowest BCUT2D eigenvalue weighted by molar-refractivity contribution is -0.158. The number of pyridine rings is 1. The number of rotatable bonds is 2. The lowest BCUT2D eigenvalue weighted by Gasteiger charge is -2.31. The number of hydrogen-bond donors (Lipinski definition) is 1. The number of nitrogens with one attached hydrogen (secondary N) is 1. The van der Waals surface area contributed by atoms with Gasteiger partial charge in [-0.05, 0) is 25.5 Å². The predicted octanol–water partition coefficient (Wildman–Crippen LogP) is 0.00574. The normalized spacial score (nSPS) is 18.4. The summed E-state index contributed by atoms with van der Waals surface area (Å²) in [7, 11) is 1.27. The summed E-state index contributed by atoms with van der Waals surface area (Å²) in [6.45, 7) is 4.12. The second-order valence-corrected chi connectivity index (χ2v) is 4.97. The Labute approximate surface area is 121 Å². The molecule has 7 heteroatoms. The predicted molar refractivity (Wildman–Crippen MR) is 74.2 cm³/mol. The van der Waals surface area contributed by atoms with Crippen molar-refractivity contribution in [3.8, 4) is 0 Å². The molecule has 0 spiro atoms. The highest BCUT2D eigenvalue weighted by Gasteiger charge is 2.31. The third-order valence-electron chi connectivity index (χ3n) is 3.40. The fraction of sp³-hybridized carbons (Fsp3) is 0.500. The average molecular weight is 294 g/mol. The van der Waals surface area contributed by atoms with Gasteiger partial charge in [0.05, 0.1) is 20.3 Å². The second kappa shape index (κ2) is 6.09. The van der Waals surface area contributed by atoms with Crippen LogP contribution >= 0.6 is 0 Å². The summed E-state index contributed by atoms with van der Waals surface area (Å²) in [5.41, 5.74) is 0.996. The van der Waals surface area contributed by atoms with Gasteiger partial charge in [-0.15, -0.1) is 0 Å². The molecule has 114 valence electrons. The fourth-order valence-corrected chi connectivity index (χ4v) is 2.39. The topological polar surface area (TPSA) is 88.7 Å². The van der Waals surface area contributed by atoms with Crippen molar-refractivity contribution in [2.24, 2.45) is 0 Å².